The Hall–Kier alpha value is -2.55. The molecule has 3 heterocycles. The van der Waals surface area contributed by atoms with Crippen molar-refractivity contribution in [3.05, 3.63) is 41.7 Å². The molecule has 0 spiro atoms. The van der Waals surface area contributed by atoms with Gasteiger partial charge in [-0.15, -0.1) is 0 Å². The summed E-state index contributed by atoms with van der Waals surface area (Å²) in [5, 5.41) is 7.77. The number of hydrogen-bond acceptors (Lipinski definition) is 5. The minimum atomic E-state index is -0.639. The molecule has 136 valence electrons. The quantitative estimate of drug-likeness (QED) is 0.762. The summed E-state index contributed by atoms with van der Waals surface area (Å²) in [6.45, 7) is 1.38. The van der Waals surface area contributed by atoms with Crippen molar-refractivity contribution in [3.8, 4) is 0 Å². The smallest absolute Gasteiger partial charge is 0.271 e. The van der Waals surface area contributed by atoms with Crippen LogP contribution in [-0.2, 0) is 7.05 Å². The number of benzene rings is 1. The van der Waals surface area contributed by atoms with E-state index in [-0.39, 0.29) is 17.5 Å². The van der Waals surface area contributed by atoms with Gasteiger partial charge in [-0.05, 0) is 25.0 Å². The number of fused-ring (bicyclic) bond motifs is 1. The van der Waals surface area contributed by atoms with Crippen LogP contribution < -0.4 is 10.2 Å². The number of aromatic nitrogens is 3. The molecule has 1 aliphatic rings. The predicted octanol–water partition coefficient (Wildman–Crippen LogP) is 2.71. The first-order valence-electron chi connectivity index (χ1n) is 8.30. The fraction of sp³-hybridized carbons (Fsp3) is 0.353. The van der Waals surface area contributed by atoms with Crippen LogP contribution in [0.25, 0.3) is 10.2 Å². The molecule has 0 saturated carbocycles. The number of anilines is 1. The lowest BCUT2D eigenvalue weighted by Crippen LogP contribution is -2.44. The molecule has 0 unspecified atom stereocenters. The number of rotatable bonds is 3. The lowest BCUT2D eigenvalue weighted by molar-refractivity contribution is 0.0925. The van der Waals surface area contributed by atoms with Crippen LogP contribution >= 0.6 is 11.3 Å². The maximum atomic E-state index is 13.8. The molecule has 0 atom stereocenters. The minimum absolute atomic E-state index is 0.0596. The molecule has 0 aliphatic carbocycles. The molecule has 1 N–H and O–H groups in total. The third-order valence-corrected chi connectivity index (χ3v) is 5.51. The Kier molecular flexibility index (Phi) is 4.31. The molecule has 1 amide bonds. The van der Waals surface area contributed by atoms with E-state index in [1.54, 1.807) is 24.0 Å². The number of carbonyl (C=O) groups is 1. The second kappa shape index (κ2) is 6.64. The van der Waals surface area contributed by atoms with Gasteiger partial charge in [0.25, 0.3) is 5.91 Å². The van der Waals surface area contributed by atoms with Gasteiger partial charge >= 0.3 is 0 Å². The summed E-state index contributed by atoms with van der Waals surface area (Å²) in [5.74, 6) is -1.41. The van der Waals surface area contributed by atoms with Crippen LogP contribution in [-0.4, -0.2) is 39.8 Å². The average Bonchev–Trinajstić information content (AvgIpc) is 3.22. The Bertz CT molecular complexity index is 961. The van der Waals surface area contributed by atoms with E-state index in [0.717, 1.165) is 18.9 Å². The molecule has 1 fully saturated rings. The number of nitrogens with zero attached hydrogens (tertiary/aromatic N) is 4. The van der Waals surface area contributed by atoms with Crippen molar-refractivity contribution in [1.29, 1.82) is 0 Å². The van der Waals surface area contributed by atoms with Crippen LogP contribution in [0, 0.1) is 11.6 Å². The summed E-state index contributed by atoms with van der Waals surface area (Å²) < 4.78 is 29.3. The number of thiazole rings is 1. The van der Waals surface area contributed by atoms with Crippen LogP contribution in [0.3, 0.4) is 0 Å². The predicted molar refractivity (Wildman–Crippen MR) is 95.4 cm³/mol. The maximum absolute atomic E-state index is 13.8. The molecule has 1 aromatic carbocycles. The van der Waals surface area contributed by atoms with Gasteiger partial charge in [-0.1, -0.05) is 11.3 Å². The van der Waals surface area contributed by atoms with Gasteiger partial charge in [0, 0.05) is 38.4 Å². The molecular weight excluding hydrogens is 360 g/mol. The van der Waals surface area contributed by atoms with Crippen molar-refractivity contribution in [1.82, 2.24) is 20.1 Å². The highest BCUT2D eigenvalue weighted by molar-refractivity contribution is 7.22. The van der Waals surface area contributed by atoms with E-state index < -0.39 is 11.6 Å². The largest absolute Gasteiger partial charge is 0.348 e. The molecule has 0 radical (unpaired) electrons. The fourth-order valence-electron chi connectivity index (χ4n) is 3.09. The lowest BCUT2D eigenvalue weighted by Gasteiger charge is -2.31. The van der Waals surface area contributed by atoms with Crippen molar-refractivity contribution in [3.63, 3.8) is 0 Å². The van der Waals surface area contributed by atoms with Crippen molar-refractivity contribution < 1.29 is 13.6 Å². The third kappa shape index (κ3) is 3.26. The number of amides is 1. The average molecular weight is 377 g/mol. The van der Waals surface area contributed by atoms with Crippen molar-refractivity contribution in [2.24, 2.45) is 7.05 Å². The molecule has 26 heavy (non-hydrogen) atoms. The molecule has 1 aliphatic heterocycles. The van der Waals surface area contributed by atoms with E-state index in [2.05, 4.69) is 15.4 Å². The number of piperidine rings is 1. The van der Waals surface area contributed by atoms with Crippen molar-refractivity contribution in [2.75, 3.05) is 18.0 Å². The molecule has 4 rings (SSSR count). The second-order valence-corrected chi connectivity index (χ2v) is 7.35. The van der Waals surface area contributed by atoms with E-state index >= 15 is 0 Å². The van der Waals surface area contributed by atoms with Gasteiger partial charge in [0.2, 0.25) is 0 Å². The standard InChI is InChI=1S/C17H17F2N5OS/c1-23-5-4-13(22-23)16(25)20-11-2-6-24(7-3-11)17-21-15-12(19)8-10(18)9-14(15)26-17/h4-5,8-9,11H,2-3,6-7H2,1H3,(H,20,25). The topological polar surface area (TPSA) is 63.1 Å². The second-order valence-electron chi connectivity index (χ2n) is 6.34. The molecule has 6 nitrogen and oxygen atoms in total. The first-order valence-corrected chi connectivity index (χ1v) is 9.12. The number of halogens is 2. The summed E-state index contributed by atoms with van der Waals surface area (Å²) >= 11 is 1.28. The zero-order valence-corrected chi connectivity index (χ0v) is 14.9. The van der Waals surface area contributed by atoms with E-state index in [0.29, 0.717) is 28.6 Å². The van der Waals surface area contributed by atoms with Crippen molar-refractivity contribution in [2.45, 2.75) is 18.9 Å². The van der Waals surface area contributed by atoms with Gasteiger partial charge in [-0.25, -0.2) is 13.8 Å². The first kappa shape index (κ1) is 16.9. The molecule has 0 bridgehead atoms. The van der Waals surface area contributed by atoms with Crippen LogP contribution in [0.4, 0.5) is 13.9 Å². The Balaban J connectivity index is 1.40. The molecule has 2 aromatic heterocycles. The lowest BCUT2D eigenvalue weighted by atomic mass is 10.1. The Morgan fingerprint density at radius 1 is 1.31 bits per heavy atom. The number of aryl methyl sites for hydroxylation is 1. The fourth-order valence-corrected chi connectivity index (χ4v) is 4.15. The monoisotopic (exact) mass is 377 g/mol. The highest BCUT2D eigenvalue weighted by Gasteiger charge is 2.24. The minimum Gasteiger partial charge on any atom is -0.348 e. The SMILES string of the molecule is Cn1ccc(C(=O)NC2CCN(c3nc4c(F)cc(F)cc4s3)CC2)n1. The van der Waals surface area contributed by atoms with E-state index in [1.807, 2.05) is 4.90 Å². The summed E-state index contributed by atoms with van der Waals surface area (Å²) in [7, 11) is 1.77. The van der Waals surface area contributed by atoms with Crippen LogP contribution in [0.1, 0.15) is 23.3 Å². The summed E-state index contributed by atoms with van der Waals surface area (Å²) in [6, 6.07) is 3.90. The molecule has 3 aromatic rings. The zero-order chi connectivity index (χ0) is 18.3. The Morgan fingerprint density at radius 3 is 2.77 bits per heavy atom. The van der Waals surface area contributed by atoms with Crippen LogP contribution in [0.15, 0.2) is 24.4 Å². The normalized spacial score (nSPS) is 15.6. The third-order valence-electron chi connectivity index (χ3n) is 4.45. The van der Waals surface area contributed by atoms with E-state index in [1.165, 1.54) is 17.4 Å². The zero-order valence-electron chi connectivity index (χ0n) is 14.1. The van der Waals surface area contributed by atoms with E-state index in [9.17, 15) is 13.6 Å². The van der Waals surface area contributed by atoms with Crippen molar-refractivity contribution >= 4 is 32.6 Å². The maximum Gasteiger partial charge on any atom is 0.271 e. The van der Waals surface area contributed by atoms with Gasteiger partial charge in [-0.2, -0.15) is 5.10 Å². The summed E-state index contributed by atoms with van der Waals surface area (Å²) in [6.07, 6.45) is 3.24. The molecular formula is C17H17F2N5OS. The highest BCUT2D eigenvalue weighted by Crippen LogP contribution is 2.32. The Labute approximate surface area is 152 Å². The van der Waals surface area contributed by atoms with Gasteiger partial charge < -0.3 is 10.2 Å². The van der Waals surface area contributed by atoms with Crippen LogP contribution in [0.2, 0.25) is 0 Å². The van der Waals surface area contributed by atoms with Gasteiger partial charge in [0.05, 0.1) is 4.70 Å². The Morgan fingerprint density at radius 2 is 2.08 bits per heavy atom. The molecule has 9 heteroatoms. The number of nitrogens with one attached hydrogen (secondary N) is 1. The summed E-state index contributed by atoms with van der Waals surface area (Å²) in [5.41, 5.74) is 0.607. The highest BCUT2D eigenvalue weighted by atomic mass is 32.1. The van der Waals surface area contributed by atoms with Crippen LogP contribution in [0.5, 0.6) is 0 Å². The first-order chi connectivity index (χ1) is 12.5. The number of carbonyl (C=O) groups excluding carboxylic acids is 1. The number of hydrogen-bond donors (Lipinski definition) is 1. The van der Waals surface area contributed by atoms with Gasteiger partial charge in [0.1, 0.15) is 17.0 Å². The molecule has 1 saturated heterocycles. The van der Waals surface area contributed by atoms with Gasteiger partial charge in [-0.3, -0.25) is 9.48 Å². The summed E-state index contributed by atoms with van der Waals surface area (Å²) in [4.78, 5) is 18.5. The van der Waals surface area contributed by atoms with E-state index in [4.69, 9.17) is 0 Å². The van der Waals surface area contributed by atoms with Gasteiger partial charge in [0.15, 0.2) is 10.9 Å².